The average Bonchev–Trinajstić information content (AvgIpc) is 1.99. The monoisotopic (exact) mass is 173 g/mol. The van der Waals surface area contributed by atoms with Gasteiger partial charge in [-0.05, 0) is 17.9 Å². The summed E-state index contributed by atoms with van der Waals surface area (Å²) < 4.78 is 24.8. The molecule has 0 unspecified atom stereocenters. The van der Waals surface area contributed by atoms with E-state index < -0.39 is 28.9 Å². The van der Waals surface area contributed by atoms with Crippen molar-refractivity contribution in [2.24, 2.45) is 0 Å². The Morgan fingerprint density at radius 1 is 1.33 bits per heavy atom. The minimum absolute atomic E-state index is 0.480. The number of aromatic carboxylic acids is 1. The molecule has 12 heavy (non-hydrogen) atoms. The van der Waals surface area contributed by atoms with Crippen molar-refractivity contribution in [2.75, 3.05) is 0 Å². The van der Waals surface area contributed by atoms with Gasteiger partial charge >= 0.3 is 5.97 Å². The lowest BCUT2D eigenvalue weighted by atomic mass is 10.2. The maximum atomic E-state index is 12.4. The molecule has 0 saturated heterocycles. The largest absolute Gasteiger partial charge is 0.869 e. The summed E-state index contributed by atoms with van der Waals surface area (Å²) in [6.07, 6.45) is 0. The van der Waals surface area contributed by atoms with E-state index in [1.54, 1.807) is 0 Å². The minimum atomic E-state index is -1.48. The first kappa shape index (κ1) is 8.45. The molecule has 1 rings (SSSR count). The number of hydrogen-bond acceptors (Lipinski definition) is 2. The van der Waals surface area contributed by atoms with Crippen LogP contribution in [0.1, 0.15) is 10.4 Å². The molecule has 1 aromatic carbocycles. The van der Waals surface area contributed by atoms with Gasteiger partial charge in [0.1, 0.15) is 11.6 Å². The van der Waals surface area contributed by atoms with E-state index in [2.05, 4.69) is 0 Å². The van der Waals surface area contributed by atoms with E-state index in [9.17, 15) is 18.7 Å². The topological polar surface area (TPSA) is 60.4 Å². The van der Waals surface area contributed by atoms with Crippen molar-refractivity contribution < 1.29 is 23.8 Å². The maximum absolute atomic E-state index is 12.4. The van der Waals surface area contributed by atoms with Gasteiger partial charge in [-0.25, -0.2) is 13.6 Å². The highest BCUT2D eigenvalue weighted by Crippen LogP contribution is 2.18. The first-order valence-corrected chi connectivity index (χ1v) is 2.91. The third-order valence-electron chi connectivity index (χ3n) is 1.25. The van der Waals surface area contributed by atoms with Crippen molar-refractivity contribution in [3.05, 3.63) is 29.3 Å². The molecular weight excluding hydrogens is 170 g/mol. The molecule has 1 N–H and O–H groups in total. The molecule has 64 valence electrons. The molecule has 3 nitrogen and oxygen atoms in total. The fourth-order valence-electron chi connectivity index (χ4n) is 0.683. The highest BCUT2D eigenvalue weighted by atomic mass is 19.1. The van der Waals surface area contributed by atoms with Crippen LogP contribution in [0.15, 0.2) is 12.1 Å². The smallest absolute Gasteiger partial charge is 0.335 e. The Hall–Kier alpha value is -1.65. The van der Waals surface area contributed by atoms with Gasteiger partial charge in [0, 0.05) is 0 Å². The number of carboxylic acid groups (broad SMARTS) is 1. The highest BCUT2D eigenvalue weighted by Gasteiger charge is 2.08. The van der Waals surface area contributed by atoms with Crippen molar-refractivity contribution in [1.82, 2.24) is 0 Å². The molecule has 0 atom stereocenters. The Balaban J connectivity index is 3.31. The molecule has 0 aromatic heterocycles. The molecule has 0 spiro atoms. The summed E-state index contributed by atoms with van der Waals surface area (Å²) in [6, 6.07) is 0.960. The summed E-state index contributed by atoms with van der Waals surface area (Å²) in [5, 5.41) is 18.7. The molecule has 0 amide bonds. The Labute approximate surface area is 65.9 Å². The second-order valence-corrected chi connectivity index (χ2v) is 2.07. The molecule has 0 heterocycles. The third kappa shape index (κ3) is 1.34. The Bertz CT molecular complexity index is 312. The van der Waals surface area contributed by atoms with Crippen LogP contribution in [0, 0.1) is 11.6 Å². The van der Waals surface area contributed by atoms with Crippen LogP contribution >= 0.6 is 0 Å². The predicted molar refractivity (Wildman–Crippen MR) is 32.8 cm³/mol. The van der Waals surface area contributed by atoms with E-state index >= 15 is 0 Å². The summed E-state index contributed by atoms with van der Waals surface area (Å²) in [5.41, 5.74) is -0.579. The quantitative estimate of drug-likeness (QED) is 0.681. The number of benzene rings is 1. The number of rotatable bonds is 1. The Morgan fingerprint density at radius 2 is 1.75 bits per heavy atom. The first-order valence-electron chi connectivity index (χ1n) is 2.91. The van der Waals surface area contributed by atoms with Gasteiger partial charge in [0.15, 0.2) is 0 Å². The first-order chi connectivity index (χ1) is 5.52. The number of halogens is 2. The second kappa shape index (κ2) is 2.77. The van der Waals surface area contributed by atoms with Gasteiger partial charge in [-0.15, -0.1) is 0 Å². The lowest BCUT2D eigenvalue weighted by Gasteiger charge is -2.08. The van der Waals surface area contributed by atoms with Crippen molar-refractivity contribution in [1.29, 1.82) is 0 Å². The van der Waals surface area contributed by atoms with Gasteiger partial charge < -0.3 is 10.2 Å². The zero-order valence-corrected chi connectivity index (χ0v) is 5.67. The Morgan fingerprint density at radius 3 is 2.08 bits per heavy atom. The van der Waals surface area contributed by atoms with Crippen LogP contribution in [0.2, 0.25) is 0 Å². The van der Waals surface area contributed by atoms with E-state index in [4.69, 9.17) is 5.11 Å². The molecule has 0 aliphatic heterocycles. The third-order valence-corrected chi connectivity index (χ3v) is 1.25. The summed E-state index contributed by atoms with van der Waals surface area (Å²) >= 11 is 0. The molecule has 1 aromatic rings. The molecule has 0 aliphatic carbocycles. The number of hydrogen-bond donors (Lipinski definition) is 1. The SMILES string of the molecule is O=C(O)c1cc(F)c([O-])c(F)c1. The fourth-order valence-corrected chi connectivity index (χ4v) is 0.683. The standard InChI is InChI=1S/C7H4F2O3/c8-4-1-3(7(11)12)2-5(9)6(4)10/h1-2,10H,(H,11,12)/p-1. The van der Waals surface area contributed by atoms with E-state index in [1.165, 1.54) is 0 Å². The van der Waals surface area contributed by atoms with E-state index in [0.717, 1.165) is 0 Å². The molecule has 0 aliphatic rings. The van der Waals surface area contributed by atoms with Crippen LogP contribution in [0.4, 0.5) is 8.78 Å². The number of carbonyl (C=O) groups is 1. The maximum Gasteiger partial charge on any atom is 0.335 e. The van der Waals surface area contributed by atoms with Crippen molar-refractivity contribution in [3.8, 4) is 5.75 Å². The average molecular weight is 173 g/mol. The van der Waals surface area contributed by atoms with Crippen molar-refractivity contribution in [3.63, 3.8) is 0 Å². The summed E-state index contributed by atoms with van der Waals surface area (Å²) in [5.74, 6) is -5.69. The van der Waals surface area contributed by atoms with E-state index in [-0.39, 0.29) is 0 Å². The minimum Gasteiger partial charge on any atom is -0.869 e. The summed E-state index contributed by atoms with van der Waals surface area (Å²) in [4.78, 5) is 10.2. The predicted octanol–water partition coefficient (Wildman–Crippen LogP) is 0.737. The zero-order chi connectivity index (χ0) is 9.30. The van der Waals surface area contributed by atoms with Crippen LogP contribution in [-0.2, 0) is 0 Å². The molecule has 0 saturated carbocycles. The van der Waals surface area contributed by atoms with Gasteiger partial charge in [0.2, 0.25) is 0 Å². The van der Waals surface area contributed by atoms with Crippen LogP contribution in [0.5, 0.6) is 5.75 Å². The summed E-state index contributed by atoms with van der Waals surface area (Å²) in [6.45, 7) is 0. The highest BCUT2D eigenvalue weighted by molar-refractivity contribution is 5.87. The lowest BCUT2D eigenvalue weighted by molar-refractivity contribution is -0.276. The van der Waals surface area contributed by atoms with Gasteiger partial charge in [-0.2, -0.15) is 0 Å². The van der Waals surface area contributed by atoms with E-state index in [0.29, 0.717) is 12.1 Å². The van der Waals surface area contributed by atoms with Crippen LogP contribution in [0.3, 0.4) is 0 Å². The van der Waals surface area contributed by atoms with Crippen molar-refractivity contribution >= 4 is 5.97 Å². The van der Waals surface area contributed by atoms with Crippen molar-refractivity contribution in [2.45, 2.75) is 0 Å². The normalized spacial score (nSPS) is 9.83. The second-order valence-electron chi connectivity index (χ2n) is 2.07. The van der Waals surface area contributed by atoms with Gasteiger partial charge in [0.25, 0.3) is 0 Å². The molecule has 5 heteroatoms. The lowest BCUT2D eigenvalue weighted by Crippen LogP contribution is -2.03. The molecule has 0 radical (unpaired) electrons. The zero-order valence-electron chi connectivity index (χ0n) is 5.67. The van der Waals surface area contributed by atoms with Crippen LogP contribution < -0.4 is 5.11 Å². The van der Waals surface area contributed by atoms with Gasteiger partial charge in [-0.1, -0.05) is 0 Å². The number of carboxylic acids is 1. The summed E-state index contributed by atoms with van der Waals surface area (Å²) in [7, 11) is 0. The molecular formula is C7H3F2O3-. The van der Waals surface area contributed by atoms with E-state index in [1.807, 2.05) is 0 Å². The molecule has 0 bridgehead atoms. The van der Waals surface area contributed by atoms with Crippen LogP contribution in [0.25, 0.3) is 0 Å². The fraction of sp³-hybridized carbons (Fsp3) is 0. The van der Waals surface area contributed by atoms with Crippen LogP contribution in [-0.4, -0.2) is 11.1 Å². The molecule has 0 fully saturated rings. The Kier molecular flexibility index (Phi) is 1.95. The van der Waals surface area contributed by atoms with Gasteiger partial charge in [-0.3, -0.25) is 0 Å². The van der Waals surface area contributed by atoms with Gasteiger partial charge in [0.05, 0.1) is 5.56 Å².